The summed E-state index contributed by atoms with van der Waals surface area (Å²) >= 11 is 0. The molecule has 0 fully saturated rings. The molecule has 4 heteroatoms. The van der Waals surface area contributed by atoms with Crippen molar-refractivity contribution in [1.29, 1.82) is 0 Å². The van der Waals surface area contributed by atoms with Gasteiger partial charge in [0, 0.05) is 0 Å². The van der Waals surface area contributed by atoms with E-state index in [1.165, 1.54) is 12.7 Å². The second-order valence-electron chi connectivity index (χ2n) is 5.55. The van der Waals surface area contributed by atoms with Gasteiger partial charge in [-0.3, -0.25) is 9.59 Å². The van der Waals surface area contributed by atoms with E-state index in [0.717, 1.165) is 12.0 Å². The Labute approximate surface area is 142 Å². The van der Waals surface area contributed by atoms with E-state index in [4.69, 9.17) is 9.47 Å². The first kappa shape index (κ1) is 17.7. The van der Waals surface area contributed by atoms with E-state index in [9.17, 15) is 9.59 Å². The number of hydrogen-bond acceptors (Lipinski definition) is 4. The van der Waals surface area contributed by atoms with Gasteiger partial charge >= 0.3 is 11.9 Å². The summed E-state index contributed by atoms with van der Waals surface area (Å²) in [6.07, 6.45) is 1.93. The third-order valence-electron chi connectivity index (χ3n) is 3.80. The van der Waals surface area contributed by atoms with Crippen LogP contribution in [0.1, 0.15) is 24.0 Å². The smallest absolute Gasteiger partial charge is 0.320 e. The first-order valence-electron chi connectivity index (χ1n) is 8.03. The van der Waals surface area contributed by atoms with E-state index in [2.05, 4.69) is 0 Å². The number of esters is 2. The summed E-state index contributed by atoms with van der Waals surface area (Å²) < 4.78 is 10.0. The average molecular weight is 326 g/mol. The highest BCUT2D eigenvalue weighted by Crippen LogP contribution is 2.15. The topological polar surface area (TPSA) is 52.6 Å². The van der Waals surface area contributed by atoms with Gasteiger partial charge in [-0.1, -0.05) is 60.7 Å². The van der Waals surface area contributed by atoms with Crippen molar-refractivity contribution in [3.8, 4) is 0 Å². The van der Waals surface area contributed by atoms with Crippen molar-refractivity contribution in [3.63, 3.8) is 0 Å². The third kappa shape index (κ3) is 5.54. The standard InChI is InChI=1S/C20H22O4/c1-23-19(21)18(14-8-13-16-9-4-2-5-10-16)20(22)24-15-17-11-6-3-7-12-17/h2-7,9-12,18H,8,13-15H2,1H3. The monoisotopic (exact) mass is 326 g/mol. The Balaban J connectivity index is 1.87. The highest BCUT2D eigenvalue weighted by Gasteiger charge is 2.28. The fourth-order valence-electron chi connectivity index (χ4n) is 2.46. The molecule has 126 valence electrons. The molecular weight excluding hydrogens is 304 g/mol. The van der Waals surface area contributed by atoms with Gasteiger partial charge in [0.05, 0.1) is 7.11 Å². The molecular formula is C20H22O4. The molecule has 4 nitrogen and oxygen atoms in total. The van der Waals surface area contributed by atoms with Gasteiger partial charge in [0.25, 0.3) is 0 Å². The van der Waals surface area contributed by atoms with Gasteiger partial charge in [-0.15, -0.1) is 0 Å². The minimum atomic E-state index is -0.873. The zero-order valence-corrected chi connectivity index (χ0v) is 13.8. The molecule has 0 aliphatic heterocycles. The molecule has 0 radical (unpaired) electrons. The summed E-state index contributed by atoms with van der Waals surface area (Å²) in [5.41, 5.74) is 2.07. The Morgan fingerprint density at radius 2 is 1.46 bits per heavy atom. The number of carbonyl (C=O) groups is 2. The molecule has 0 spiro atoms. The quantitative estimate of drug-likeness (QED) is 0.550. The lowest BCUT2D eigenvalue weighted by Crippen LogP contribution is -2.27. The lowest BCUT2D eigenvalue weighted by molar-refractivity contribution is -0.161. The largest absolute Gasteiger partial charge is 0.468 e. The van der Waals surface area contributed by atoms with Crippen LogP contribution < -0.4 is 0 Å². The Hall–Kier alpha value is -2.62. The number of ether oxygens (including phenoxy) is 2. The Morgan fingerprint density at radius 3 is 2.04 bits per heavy atom. The van der Waals surface area contributed by atoms with E-state index >= 15 is 0 Å². The van der Waals surface area contributed by atoms with Crippen molar-refractivity contribution in [2.45, 2.75) is 25.9 Å². The summed E-state index contributed by atoms with van der Waals surface area (Å²) in [7, 11) is 1.29. The highest BCUT2D eigenvalue weighted by atomic mass is 16.5. The molecule has 2 rings (SSSR count). The lowest BCUT2D eigenvalue weighted by Gasteiger charge is -2.14. The van der Waals surface area contributed by atoms with Crippen molar-refractivity contribution in [1.82, 2.24) is 0 Å². The maximum Gasteiger partial charge on any atom is 0.320 e. The minimum Gasteiger partial charge on any atom is -0.468 e. The predicted molar refractivity (Wildman–Crippen MR) is 91.1 cm³/mol. The maximum atomic E-state index is 12.2. The van der Waals surface area contributed by atoms with Crippen molar-refractivity contribution in [2.24, 2.45) is 5.92 Å². The number of aryl methyl sites for hydroxylation is 1. The zero-order valence-electron chi connectivity index (χ0n) is 13.8. The Bertz CT molecular complexity index is 637. The van der Waals surface area contributed by atoms with Crippen LogP contribution in [-0.2, 0) is 32.1 Å². The fraction of sp³-hybridized carbons (Fsp3) is 0.300. The molecule has 0 aliphatic carbocycles. The summed E-state index contributed by atoms with van der Waals surface area (Å²) in [6.45, 7) is 0.159. The second-order valence-corrected chi connectivity index (χ2v) is 5.55. The fourth-order valence-corrected chi connectivity index (χ4v) is 2.46. The first-order chi connectivity index (χ1) is 11.7. The van der Waals surface area contributed by atoms with Crippen LogP contribution in [0.3, 0.4) is 0 Å². The van der Waals surface area contributed by atoms with Gasteiger partial charge in [0.1, 0.15) is 6.61 Å². The molecule has 1 atom stereocenters. The molecule has 0 aromatic heterocycles. The molecule has 0 amide bonds. The normalized spacial score (nSPS) is 11.5. The van der Waals surface area contributed by atoms with E-state index < -0.39 is 17.9 Å². The number of methoxy groups -OCH3 is 1. The number of hydrogen-bond donors (Lipinski definition) is 0. The Kier molecular flexibility index (Phi) is 7.02. The van der Waals surface area contributed by atoms with E-state index in [1.54, 1.807) is 0 Å². The van der Waals surface area contributed by atoms with Gasteiger partial charge in [-0.05, 0) is 30.4 Å². The molecule has 0 N–H and O–H groups in total. The molecule has 0 saturated carbocycles. The van der Waals surface area contributed by atoms with E-state index in [0.29, 0.717) is 12.8 Å². The van der Waals surface area contributed by atoms with Crippen LogP contribution in [0.25, 0.3) is 0 Å². The van der Waals surface area contributed by atoms with Crippen molar-refractivity contribution >= 4 is 11.9 Å². The summed E-state index contributed by atoms with van der Waals surface area (Å²) in [5, 5.41) is 0. The van der Waals surface area contributed by atoms with Crippen LogP contribution in [0.15, 0.2) is 60.7 Å². The van der Waals surface area contributed by atoms with Gasteiger partial charge in [0.15, 0.2) is 5.92 Å². The van der Waals surface area contributed by atoms with Crippen molar-refractivity contribution in [3.05, 3.63) is 71.8 Å². The SMILES string of the molecule is COC(=O)C(CCCc1ccccc1)C(=O)OCc1ccccc1. The highest BCUT2D eigenvalue weighted by molar-refractivity contribution is 5.94. The predicted octanol–water partition coefficient (Wildman–Crippen LogP) is 3.54. The number of benzene rings is 2. The molecule has 0 saturated heterocycles. The molecule has 1 unspecified atom stereocenters. The van der Waals surface area contributed by atoms with E-state index in [-0.39, 0.29) is 6.61 Å². The van der Waals surface area contributed by atoms with Crippen LogP contribution in [-0.4, -0.2) is 19.0 Å². The number of rotatable bonds is 8. The molecule has 2 aromatic rings. The molecule has 0 heterocycles. The first-order valence-corrected chi connectivity index (χ1v) is 8.03. The van der Waals surface area contributed by atoms with Gasteiger partial charge in [0.2, 0.25) is 0 Å². The summed E-state index contributed by atoms with van der Waals surface area (Å²) in [6, 6.07) is 19.4. The van der Waals surface area contributed by atoms with E-state index in [1.807, 2.05) is 60.7 Å². The average Bonchev–Trinajstić information content (AvgIpc) is 2.64. The van der Waals surface area contributed by atoms with Crippen molar-refractivity contribution < 1.29 is 19.1 Å². The molecule has 0 aliphatic rings. The van der Waals surface area contributed by atoms with Gasteiger partial charge in [-0.2, -0.15) is 0 Å². The molecule has 2 aromatic carbocycles. The Morgan fingerprint density at radius 1 is 0.875 bits per heavy atom. The van der Waals surface area contributed by atoms with Crippen LogP contribution in [0.4, 0.5) is 0 Å². The maximum absolute atomic E-state index is 12.2. The van der Waals surface area contributed by atoms with Crippen molar-refractivity contribution in [2.75, 3.05) is 7.11 Å². The molecule has 0 bridgehead atoms. The lowest BCUT2D eigenvalue weighted by atomic mass is 9.99. The van der Waals surface area contributed by atoms with Crippen LogP contribution in [0.2, 0.25) is 0 Å². The number of carbonyl (C=O) groups excluding carboxylic acids is 2. The zero-order chi connectivity index (χ0) is 17.2. The summed E-state index contributed by atoms with van der Waals surface area (Å²) in [5.74, 6) is -1.94. The summed E-state index contributed by atoms with van der Waals surface area (Å²) in [4.78, 5) is 24.1. The second kappa shape index (κ2) is 9.50. The third-order valence-corrected chi connectivity index (χ3v) is 3.80. The van der Waals surface area contributed by atoms with Crippen LogP contribution in [0, 0.1) is 5.92 Å². The molecule has 24 heavy (non-hydrogen) atoms. The van der Waals surface area contributed by atoms with Gasteiger partial charge < -0.3 is 9.47 Å². The van der Waals surface area contributed by atoms with Crippen LogP contribution in [0.5, 0.6) is 0 Å². The minimum absolute atomic E-state index is 0.159. The van der Waals surface area contributed by atoms with Gasteiger partial charge in [-0.25, -0.2) is 0 Å². The van der Waals surface area contributed by atoms with Crippen LogP contribution >= 0.6 is 0 Å².